The Labute approximate surface area is 103 Å². The van der Waals surface area contributed by atoms with E-state index in [1.165, 1.54) is 12.2 Å². The maximum absolute atomic E-state index is 5.26. The van der Waals surface area contributed by atoms with Crippen molar-refractivity contribution in [2.75, 3.05) is 12.3 Å². The Morgan fingerprint density at radius 1 is 1.38 bits per heavy atom. The Balaban J connectivity index is 2.00. The van der Waals surface area contributed by atoms with Gasteiger partial charge in [-0.25, -0.2) is 0 Å². The van der Waals surface area contributed by atoms with Crippen LogP contribution in [0.1, 0.15) is 33.0 Å². The Bertz CT molecular complexity index is 259. The zero-order valence-electron chi connectivity index (χ0n) is 10.5. The van der Waals surface area contributed by atoms with E-state index < -0.39 is 0 Å². The molecule has 0 aromatic carbocycles. The molecule has 0 aliphatic heterocycles. The number of rotatable bonds is 8. The molecule has 92 valence electrons. The van der Waals surface area contributed by atoms with E-state index in [4.69, 9.17) is 4.42 Å². The van der Waals surface area contributed by atoms with Crippen molar-refractivity contribution in [3.8, 4) is 0 Å². The van der Waals surface area contributed by atoms with Crippen molar-refractivity contribution < 1.29 is 4.42 Å². The average Bonchev–Trinajstić information content (AvgIpc) is 2.70. The zero-order chi connectivity index (χ0) is 11.8. The van der Waals surface area contributed by atoms with Crippen LogP contribution >= 0.6 is 11.8 Å². The minimum atomic E-state index is 0.675. The van der Waals surface area contributed by atoms with Crippen molar-refractivity contribution in [1.82, 2.24) is 5.32 Å². The lowest BCUT2D eigenvalue weighted by Gasteiger charge is -2.12. The van der Waals surface area contributed by atoms with Crippen molar-refractivity contribution >= 4 is 11.8 Å². The molecule has 16 heavy (non-hydrogen) atoms. The van der Waals surface area contributed by atoms with Crippen molar-refractivity contribution in [2.24, 2.45) is 5.92 Å². The smallest absolute Gasteiger partial charge is 0.117 e. The minimum absolute atomic E-state index is 0.675. The number of furan rings is 1. The molecule has 1 N–H and O–H groups in total. The molecule has 1 unspecified atom stereocenters. The highest BCUT2D eigenvalue weighted by molar-refractivity contribution is 7.99. The summed E-state index contributed by atoms with van der Waals surface area (Å²) in [7, 11) is 0. The first-order valence-electron chi connectivity index (χ1n) is 6.03. The van der Waals surface area contributed by atoms with Crippen LogP contribution in [-0.2, 0) is 6.54 Å². The predicted octanol–water partition coefficient (Wildman–Crippen LogP) is 3.54. The standard InChI is InChI=1S/C13H23NOS/c1-11(2)6-8-16-12(3)9-14-10-13-5-4-7-15-13/h4-5,7,11-12,14H,6,8-10H2,1-3H3. The molecule has 2 nitrogen and oxygen atoms in total. The number of hydrogen-bond acceptors (Lipinski definition) is 3. The van der Waals surface area contributed by atoms with Gasteiger partial charge in [0.1, 0.15) is 5.76 Å². The number of nitrogens with one attached hydrogen (secondary N) is 1. The third-order valence-electron chi connectivity index (χ3n) is 2.41. The van der Waals surface area contributed by atoms with E-state index in [0.717, 1.165) is 24.8 Å². The van der Waals surface area contributed by atoms with E-state index in [-0.39, 0.29) is 0 Å². The third kappa shape index (κ3) is 6.23. The molecule has 0 aliphatic carbocycles. The second-order valence-corrected chi connectivity index (χ2v) is 6.12. The third-order valence-corrected chi connectivity index (χ3v) is 3.62. The molecule has 1 atom stereocenters. The molecule has 3 heteroatoms. The first-order chi connectivity index (χ1) is 7.68. The van der Waals surface area contributed by atoms with Crippen LogP contribution in [0.15, 0.2) is 22.8 Å². The van der Waals surface area contributed by atoms with Crippen LogP contribution in [0.2, 0.25) is 0 Å². The fraction of sp³-hybridized carbons (Fsp3) is 0.692. The summed E-state index contributed by atoms with van der Waals surface area (Å²) >= 11 is 2.05. The first-order valence-corrected chi connectivity index (χ1v) is 7.08. The first kappa shape index (κ1) is 13.7. The molecule has 0 amide bonds. The van der Waals surface area contributed by atoms with Crippen LogP contribution in [0.25, 0.3) is 0 Å². The molecular formula is C13H23NOS. The molecule has 0 saturated heterocycles. The molecule has 0 fully saturated rings. The fourth-order valence-electron chi connectivity index (χ4n) is 1.38. The van der Waals surface area contributed by atoms with Gasteiger partial charge in [0, 0.05) is 11.8 Å². The van der Waals surface area contributed by atoms with Gasteiger partial charge >= 0.3 is 0 Å². The van der Waals surface area contributed by atoms with Crippen LogP contribution in [0.5, 0.6) is 0 Å². The quantitative estimate of drug-likeness (QED) is 0.753. The van der Waals surface area contributed by atoms with E-state index in [2.05, 4.69) is 26.1 Å². The van der Waals surface area contributed by atoms with Crippen LogP contribution in [0, 0.1) is 5.92 Å². The van der Waals surface area contributed by atoms with Gasteiger partial charge in [0.25, 0.3) is 0 Å². The van der Waals surface area contributed by atoms with Crippen LogP contribution < -0.4 is 5.32 Å². The highest BCUT2D eigenvalue weighted by Crippen LogP contribution is 2.14. The van der Waals surface area contributed by atoms with Gasteiger partial charge in [-0.1, -0.05) is 20.8 Å². The van der Waals surface area contributed by atoms with Crippen LogP contribution in [-0.4, -0.2) is 17.5 Å². The van der Waals surface area contributed by atoms with E-state index in [1.54, 1.807) is 6.26 Å². The SMILES string of the molecule is CC(C)CCSC(C)CNCc1ccco1. The average molecular weight is 241 g/mol. The molecular weight excluding hydrogens is 218 g/mol. The topological polar surface area (TPSA) is 25.2 Å². The molecule has 1 rings (SSSR count). The maximum Gasteiger partial charge on any atom is 0.117 e. The van der Waals surface area contributed by atoms with Crippen molar-refractivity contribution in [2.45, 2.75) is 39.0 Å². The van der Waals surface area contributed by atoms with Crippen molar-refractivity contribution in [1.29, 1.82) is 0 Å². The predicted molar refractivity (Wildman–Crippen MR) is 71.8 cm³/mol. The summed E-state index contributed by atoms with van der Waals surface area (Å²) in [6.07, 6.45) is 3.03. The van der Waals surface area contributed by atoms with E-state index >= 15 is 0 Å². The van der Waals surface area contributed by atoms with Gasteiger partial charge in [0.05, 0.1) is 12.8 Å². The van der Waals surface area contributed by atoms with Crippen molar-refractivity contribution in [3.05, 3.63) is 24.2 Å². The van der Waals surface area contributed by atoms with Crippen LogP contribution in [0.4, 0.5) is 0 Å². The summed E-state index contributed by atoms with van der Waals surface area (Å²) in [5.41, 5.74) is 0. The molecule has 0 aliphatic rings. The molecule has 1 aromatic rings. The Kier molecular flexibility index (Phi) is 6.65. The highest BCUT2D eigenvalue weighted by atomic mass is 32.2. The van der Waals surface area contributed by atoms with E-state index in [9.17, 15) is 0 Å². The lowest BCUT2D eigenvalue weighted by Crippen LogP contribution is -2.22. The van der Waals surface area contributed by atoms with E-state index in [0.29, 0.717) is 5.25 Å². The van der Waals surface area contributed by atoms with Gasteiger partial charge in [-0.3, -0.25) is 0 Å². The summed E-state index contributed by atoms with van der Waals surface area (Å²) in [4.78, 5) is 0. The second kappa shape index (κ2) is 7.80. The van der Waals surface area contributed by atoms with Gasteiger partial charge in [0.15, 0.2) is 0 Å². The molecule has 0 bridgehead atoms. The van der Waals surface area contributed by atoms with Gasteiger partial charge in [-0.15, -0.1) is 0 Å². The monoisotopic (exact) mass is 241 g/mol. The molecule has 0 radical (unpaired) electrons. The summed E-state index contributed by atoms with van der Waals surface area (Å²) < 4.78 is 5.26. The molecule has 1 aromatic heterocycles. The summed E-state index contributed by atoms with van der Waals surface area (Å²) in [6, 6.07) is 3.93. The van der Waals surface area contributed by atoms with E-state index in [1.807, 2.05) is 23.9 Å². The molecule has 1 heterocycles. The fourth-order valence-corrected chi connectivity index (χ4v) is 2.62. The van der Waals surface area contributed by atoms with Gasteiger partial charge in [-0.05, 0) is 30.2 Å². The lowest BCUT2D eigenvalue weighted by atomic mass is 10.2. The molecule has 0 spiro atoms. The highest BCUT2D eigenvalue weighted by Gasteiger charge is 2.03. The van der Waals surface area contributed by atoms with Crippen LogP contribution in [0.3, 0.4) is 0 Å². The number of hydrogen-bond donors (Lipinski definition) is 1. The van der Waals surface area contributed by atoms with Gasteiger partial charge in [-0.2, -0.15) is 11.8 Å². The largest absolute Gasteiger partial charge is 0.468 e. The normalized spacial score (nSPS) is 13.2. The maximum atomic E-state index is 5.26. The molecule has 0 saturated carbocycles. The number of thioether (sulfide) groups is 1. The van der Waals surface area contributed by atoms with Gasteiger partial charge in [0.2, 0.25) is 0 Å². The summed E-state index contributed by atoms with van der Waals surface area (Å²) in [5, 5.41) is 4.09. The Hall–Kier alpha value is -0.410. The summed E-state index contributed by atoms with van der Waals surface area (Å²) in [5.74, 6) is 3.09. The Morgan fingerprint density at radius 2 is 2.19 bits per heavy atom. The lowest BCUT2D eigenvalue weighted by molar-refractivity contribution is 0.484. The zero-order valence-corrected chi connectivity index (χ0v) is 11.3. The minimum Gasteiger partial charge on any atom is -0.468 e. The van der Waals surface area contributed by atoms with Crippen molar-refractivity contribution in [3.63, 3.8) is 0 Å². The summed E-state index contributed by atoms with van der Waals surface area (Å²) in [6.45, 7) is 8.71. The Morgan fingerprint density at radius 3 is 2.81 bits per heavy atom. The van der Waals surface area contributed by atoms with Gasteiger partial charge < -0.3 is 9.73 Å². The second-order valence-electron chi connectivity index (χ2n) is 4.57.